The number of hydrogen-bond donors (Lipinski definition) is 1. The zero-order chi connectivity index (χ0) is 24.6. The van der Waals surface area contributed by atoms with Crippen molar-refractivity contribution in [1.82, 2.24) is 0 Å². The van der Waals surface area contributed by atoms with Gasteiger partial charge in [-0.15, -0.1) is 0 Å². The van der Waals surface area contributed by atoms with Gasteiger partial charge in [-0.05, 0) is 25.5 Å². The largest absolute Gasteiger partial charge is 0.438 e. The van der Waals surface area contributed by atoms with E-state index in [4.69, 9.17) is 4.42 Å². The molecule has 4 nitrogen and oxygen atoms in total. The molecule has 0 saturated heterocycles. The van der Waals surface area contributed by atoms with Crippen LogP contribution < -0.4 is 5.32 Å². The molecule has 0 atom stereocenters. The number of benzene rings is 3. The molecule has 0 fully saturated rings. The molecule has 0 spiro atoms. The van der Waals surface area contributed by atoms with Gasteiger partial charge < -0.3 is 4.42 Å². The molecule has 3 aromatic carbocycles. The third kappa shape index (κ3) is 4.04. The Hall–Kier alpha value is -4.38. The predicted octanol–water partition coefficient (Wildman–Crippen LogP) is 6.91. The minimum absolute atomic E-state index is 0.0729. The molecule has 0 aliphatic rings. The molecule has 0 aliphatic heterocycles. The summed E-state index contributed by atoms with van der Waals surface area (Å²) >= 11 is 0. The lowest BCUT2D eigenvalue weighted by atomic mass is 9.97. The summed E-state index contributed by atoms with van der Waals surface area (Å²) in [5.41, 5.74) is 2.40. The summed E-state index contributed by atoms with van der Waals surface area (Å²) in [6, 6.07) is 16.6. The Labute approximate surface area is 192 Å². The van der Waals surface area contributed by atoms with E-state index in [1.54, 1.807) is 24.3 Å². The van der Waals surface area contributed by atoms with Gasteiger partial charge in [0.1, 0.15) is 17.4 Å². The van der Waals surface area contributed by atoms with E-state index < -0.39 is 34.7 Å². The van der Waals surface area contributed by atoms with Crippen LogP contribution in [0.5, 0.6) is 0 Å². The molecule has 8 heteroatoms. The molecule has 0 aliphatic carbocycles. The van der Waals surface area contributed by atoms with Crippen LogP contribution in [0.3, 0.4) is 0 Å². The minimum atomic E-state index is -2.12. The van der Waals surface area contributed by atoms with Gasteiger partial charge in [-0.2, -0.15) is 5.26 Å². The van der Waals surface area contributed by atoms with Crippen molar-refractivity contribution in [3.63, 3.8) is 0 Å². The van der Waals surface area contributed by atoms with Gasteiger partial charge in [0.25, 0.3) is 5.91 Å². The van der Waals surface area contributed by atoms with Crippen molar-refractivity contribution in [1.29, 1.82) is 5.26 Å². The van der Waals surface area contributed by atoms with Crippen LogP contribution >= 0.6 is 0 Å². The first-order chi connectivity index (χ1) is 16.2. The average Bonchev–Trinajstić information content (AvgIpc) is 3.18. The smallest absolute Gasteiger partial charge is 0.261 e. The minimum Gasteiger partial charge on any atom is -0.438 e. The molecule has 170 valence electrons. The number of rotatable bonds is 4. The highest BCUT2D eigenvalue weighted by Gasteiger charge is 2.27. The van der Waals surface area contributed by atoms with Crippen molar-refractivity contribution in [2.75, 3.05) is 5.32 Å². The molecular formula is C26H16F4N2O2. The Balaban J connectivity index is 1.86. The number of nitrogens with zero attached hydrogens (tertiary/aromatic N) is 1. The molecule has 1 heterocycles. The molecule has 1 amide bonds. The summed E-state index contributed by atoms with van der Waals surface area (Å²) in [5.74, 6) is -9.15. The van der Waals surface area contributed by atoms with Gasteiger partial charge in [0, 0.05) is 11.1 Å². The molecule has 0 saturated carbocycles. The van der Waals surface area contributed by atoms with Crippen molar-refractivity contribution in [3.8, 4) is 28.5 Å². The van der Waals surface area contributed by atoms with E-state index in [1.165, 1.54) is 0 Å². The van der Waals surface area contributed by atoms with Crippen LogP contribution in [-0.2, 0) is 0 Å². The normalized spacial score (nSPS) is 10.7. The van der Waals surface area contributed by atoms with Gasteiger partial charge in [-0.1, -0.05) is 59.7 Å². The monoisotopic (exact) mass is 464 g/mol. The molecule has 4 rings (SSSR count). The number of aryl methyl sites for hydroxylation is 2. The van der Waals surface area contributed by atoms with Crippen LogP contribution in [0.4, 0.5) is 23.4 Å². The Morgan fingerprint density at radius 1 is 0.853 bits per heavy atom. The number of nitriles is 1. The number of anilines is 1. The molecular weight excluding hydrogens is 448 g/mol. The van der Waals surface area contributed by atoms with Gasteiger partial charge in [-0.3, -0.25) is 10.1 Å². The fraction of sp³-hybridized carbons (Fsp3) is 0.0769. The van der Waals surface area contributed by atoms with E-state index in [0.29, 0.717) is 16.7 Å². The van der Waals surface area contributed by atoms with E-state index in [0.717, 1.165) is 11.1 Å². The molecule has 1 aromatic heterocycles. The number of hydrogen-bond acceptors (Lipinski definition) is 3. The van der Waals surface area contributed by atoms with Gasteiger partial charge in [0.15, 0.2) is 23.3 Å². The van der Waals surface area contributed by atoms with E-state index >= 15 is 0 Å². The Bertz CT molecular complexity index is 1450. The standard InChI is InChI=1S/C26H16F4N2O2/c1-13-3-7-15(8-4-13)20-18(12-31)26(34-24(20)16-9-5-14(2)6-10-16)32-25(33)17-11-19(27)22(29)23(30)21(17)28/h3-11H,1-2H3,(H,32,33). The van der Waals surface area contributed by atoms with Crippen LogP contribution in [-0.4, -0.2) is 5.91 Å². The van der Waals surface area contributed by atoms with Gasteiger partial charge in [0.2, 0.25) is 5.88 Å². The third-order valence-corrected chi connectivity index (χ3v) is 5.25. The summed E-state index contributed by atoms with van der Waals surface area (Å²) in [6.45, 7) is 3.79. The van der Waals surface area contributed by atoms with Gasteiger partial charge in [-0.25, -0.2) is 17.6 Å². The zero-order valence-corrected chi connectivity index (χ0v) is 18.0. The van der Waals surface area contributed by atoms with Crippen LogP contribution in [0.2, 0.25) is 0 Å². The number of carbonyl (C=O) groups excluding carboxylic acids is 1. The molecule has 1 N–H and O–H groups in total. The fourth-order valence-corrected chi connectivity index (χ4v) is 3.44. The molecule has 4 aromatic rings. The Kier molecular flexibility index (Phi) is 5.95. The van der Waals surface area contributed by atoms with E-state index in [1.807, 2.05) is 44.2 Å². The summed E-state index contributed by atoms with van der Waals surface area (Å²) in [4.78, 5) is 12.6. The Morgan fingerprint density at radius 2 is 1.41 bits per heavy atom. The van der Waals surface area contributed by atoms with Gasteiger partial charge >= 0.3 is 0 Å². The van der Waals surface area contributed by atoms with Crippen LogP contribution in [0.15, 0.2) is 59.0 Å². The van der Waals surface area contributed by atoms with Crippen LogP contribution in [0, 0.1) is 48.4 Å². The topological polar surface area (TPSA) is 66.0 Å². The average molecular weight is 464 g/mol. The lowest BCUT2D eigenvalue weighted by Crippen LogP contribution is -2.16. The lowest BCUT2D eigenvalue weighted by molar-refractivity contribution is 0.101. The SMILES string of the molecule is Cc1ccc(-c2oc(NC(=O)c3cc(F)c(F)c(F)c3F)c(C#N)c2-c2ccc(C)cc2)cc1. The second-order valence-corrected chi connectivity index (χ2v) is 7.66. The highest BCUT2D eigenvalue weighted by molar-refractivity contribution is 6.05. The summed E-state index contributed by atoms with van der Waals surface area (Å²) in [5, 5.41) is 12.1. The number of nitrogens with one attached hydrogen (secondary N) is 1. The van der Waals surface area contributed by atoms with Crippen molar-refractivity contribution in [2.45, 2.75) is 13.8 Å². The molecule has 34 heavy (non-hydrogen) atoms. The summed E-state index contributed by atoms with van der Waals surface area (Å²) in [7, 11) is 0. The summed E-state index contributed by atoms with van der Waals surface area (Å²) < 4.78 is 60.5. The summed E-state index contributed by atoms with van der Waals surface area (Å²) in [6.07, 6.45) is 0. The maximum Gasteiger partial charge on any atom is 0.261 e. The first kappa shape index (κ1) is 22.8. The van der Waals surface area contributed by atoms with E-state index in [9.17, 15) is 27.6 Å². The number of carbonyl (C=O) groups is 1. The maximum absolute atomic E-state index is 14.1. The highest BCUT2D eigenvalue weighted by Crippen LogP contribution is 2.41. The van der Waals surface area contributed by atoms with Crippen molar-refractivity contribution in [2.24, 2.45) is 0 Å². The number of halogens is 4. The maximum atomic E-state index is 14.1. The van der Waals surface area contributed by atoms with E-state index in [2.05, 4.69) is 5.32 Å². The molecule has 0 unspecified atom stereocenters. The fourth-order valence-electron chi connectivity index (χ4n) is 3.44. The predicted molar refractivity (Wildman–Crippen MR) is 118 cm³/mol. The Morgan fingerprint density at radius 3 is 1.97 bits per heavy atom. The number of furan rings is 1. The van der Waals surface area contributed by atoms with Crippen molar-refractivity contribution >= 4 is 11.8 Å². The van der Waals surface area contributed by atoms with Gasteiger partial charge in [0.05, 0.1) is 5.56 Å². The first-order valence-corrected chi connectivity index (χ1v) is 10.1. The molecule has 0 bridgehead atoms. The van der Waals surface area contributed by atoms with E-state index in [-0.39, 0.29) is 23.3 Å². The highest BCUT2D eigenvalue weighted by atomic mass is 19.2. The van der Waals surface area contributed by atoms with Crippen molar-refractivity contribution in [3.05, 3.63) is 100 Å². The zero-order valence-electron chi connectivity index (χ0n) is 18.0. The second-order valence-electron chi connectivity index (χ2n) is 7.66. The lowest BCUT2D eigenvalue weighted by Gasteiger charge is -2.06. The van der Waals surface area contributed by atoms with Crippen molar-refractivity contribution < 1.29 is 26.8 Å². The van der Waals surface area contributed by atoms with Crippen LogP contribution in [0.1, 0.15) is 27.0 Å². The second kappa shape index (κ2) is 8.87. The number of amides is 1. The third-order valence-electron chi connectivity index (χ3n) is 5.25. The van der Waals surface area contributed by atoms with Crippen LogP contribution in [0.25, 0.3) is 22.5 Å². The quantitative estimate of drug-likeness (QED) is 0.203. The first-order valence-electron chi connectivity index (χ1n) is 10.1. The molecule has 0 radical (unpaired) electrons.